The van der Waals surface area contributed by atoms with Crippen LogP contribution < -0.4 is 10.6 Å². The van der Waals surface area contributed by atoms with Crippen molar-refractivity contribution in [3.05, 3.63) is 11.1 Å². The van der Waals surface area contributed by atoms with Crippen molar-refractivity contribution in [1.29, 1.82) is 0 Å². The predicted octanol–water partition coefficient (Wildman–Crippen LogP) is 1.07. The lowest BCUT2D eigenvalue weighted by Gasteiger charge is -2.40. The number of guanidine groups is 1. The fourth-order valence-electron chi connectivity index (χ4n) is 2.94. The Morgan fingerprint density at radius 1 is 1.68 bits per heavy atom. The first kappa shape index (κ1) is 14.4. The molecule has 0 aliphatic carbocycles. The van der Waals surface area contributed by atoms with Gasteiger partial charge in [-0.25, -0.2) is 0 Å². The molecule has 19 heavy (non-hydrogen) atoms. The van der Waals surface area contributed by atoms with Gasteiger partial charge in [-0.3, -0.25) is 9.79 Å². The lowest BCUT2D eigenvalue weighted by atomic mass is 9.79. The number of amides is 1. The molecule has 1 spiro atoms. The topological polar surface area (TPSA) is 56.7 Å². The van der Waals surface area contributed by atoms with Crippen LogP contribution in [0.25, 0.3) is 0 Å². The first-order valence-corrected chi connectivity index (χ1v) is 7.39. The number of carbonyl (C=O) groups excluding carboxylic acids is 1. The molecule has 0 aromatic carbocycles. The van der Waals surface area contributed by atoms with Crippen LogP contribution >= 0.6 is 15.9 Å². The molecule has 1 atom stereocenters. The normalized spacial score (nSPS) is 27.6. The van der Waals surface area contributed by atoms with Crippen LogP contribution in [0, 0.1) is 5.41 Å². The van der Waals surface area contributed by atoms with Crippen LogP contribution in [0.5, 0.6) is 0 Å². The summed E-state index contributed by atoms with van der Waals surface area (Å²) in [7, 11) is 1.79. The fourth-order valence-corrected chi connectivity index (χ4v) is 3.08. The third-order valence-corrected chi connectivity index (χ3v) is 4.09. The minimum atomic E-state index is 0.0956. The van der Waals surface area contributed by atoms with E-state index in [9.17, 15) is 4.79 Å². The van der Waals surface area contributed by atoms with Crippen molar-refractivity contribution in [3.63, 3.8) is 0 Å². The Balaban J connectivity index is 1.99. The monoisotopic (exact) mass is 328 g/mol. The summed E-state index contributed by atoms with van der Waals surface area (Å²) < 4.78 is 0.901. The Hall–Kier alpha value is -1.04. The van der Waals surface area contributed by atoms with Crippen LogP contribution in [0.3, 0.4) is 0 Å². The zero-order valence-corrected chi connectivity index (χ0v) is 12.9. The summed E-state index contributed by atoms with van der Waals surface area (Å²) in [5, 5.41) is 6.24. The molecule has 0 saturated carbocycles. The molecule has 2 aliphatic rings. The van der Waals surface area contributed by atoms with E-state index in [1.54, 1.807) is 7.05 Å². The summed E-state index contributed by atoms with van der Waals surface area (Å²) in [6.45, 7) is 7.15. The van der Waals surface area contributed by atoms with E-state index in [-0.39, 0.29) is 11.3 Å². The molecular formula is C13H21BrN4O. The smallest absolute Gasteiger partial charge is 0.220 e. The van der Waals surface area contributed by atoms with Crippen molar-refractivity contribution >= 4 is 27.8 Å². The lowest BCUT2D eigenvalue weighted by molar-refractivity contribution is -0.119. The zero-order valence-electron chi connectivity index (χ0n) is 11.3. The Morgan fingerprint density at radius 3 is 3.05 bits per heavy atom. The van der Waals surface area contributed by atoms with Crippen LogP contribution in [-0.2, 0) is 4.79 Å². The quantitative estimate of drug-likeness (QED) is 0.589. The number of piperidine rings is 1. The molecule has 2 saturated heterocycles. The fraction of sp³-hybridized carbons (Fsp3) is 0.692. The second-order valence-electron chi connectivity index (χ2n) is 5.40. The SMILES string of the molecule is C=C(Br)CNC(=NC)N1CCCC2(CNC(=O)C2)C1. The van der Waals surface area contributed by atoms with Gasteiger partial charge in [-0.05, 0) is 12.8 Å². The Bertz CT molecular complexity index is 409. The molecule has 6 heteroatoms. The molecule has 0 aromatic heterocycles. The van der Waals surface area contributed by atoms with E-state index in [2.05, 4.69) is 43.0 Å². The summed E-state index contributed by atoms with van der Waals surface area (Å²) in [5.41, 5.74) is 0.0956. The number of nitrogens with zero attached hydrogens (tertiary/aromatic N) is 2. The second-order valence-corrected chi connectivity index (χ2v) is 6.52. The van der Waals surface area contributed by atoms with Gasteiger partial charge in [0.15, 0.2) is 5.96 Å². The number of carbonyl (C=O) groups is 1. The van der Waals surface area contributed by atoms with Crippen LogP contribution in [0.4, 0.5) is 0 Å². The molecule has 2 heterocycles. The van der Waals surface area contributed by atoms with Crippen molar-refractivity contribution in [2.75, 3.05) is 33.2 Å². The first-order chi connectivity index (χ1) is 9.04. The van der Waals surface area contributed by atoms with E-state index < -0.39 is 0 Å². The number of hydrogen-bond acceptors (Lipinski definition) is 2. The summed E-state index contributed by atoms with van der Waals surface area (Å²) in [5.74, 6) is 1.07. The van der Waals surface area contributed by atoms with Gasteiger partial charge in [-0.2, -0.15) is 0 Å². The van der Waals surface area contributed by atoms with Gasteiger partial charge in [0.1, 0.15) is 0 Å². The van der Waals surface area contributed by atoms with E-state index in [0.717, 1.165) is 42.9 Å². The highest BCUT2D eigenvalue weighted by molar-refractivity contribution is 9.11. The zero-order chi connectivity index (χ0) is 13.9. The van der Waals surface area contributed by atoms with Crippen LogP contribution in [0.2, 0.25) is 0 Å². The first-order valence-electron chi connectivity index (χ1n) is 6.60. The number of hydrogen-bond donors (Lipinski definition) is 2. The number of nitrogens with one attached hydrogen (secondary N) is 2. The maximum atomic E-state index is 11.5. The molecule has 2 rings (SSSR count). The van der Waals surface area contributed by atoms with Gasteiger partial charge in [0.05, 0.1) is 0 Å². The summed E-state index contributed by atoms with van der Waals surface area (Å²) >= 11 is 3.34. The minimum absolute atomic E-state index is 0.0956. The molecule has 2 aliphatic heterocycles. The average molecular weight is 329 g/mol. The van der Waals surface area contributed by atoms with Gasteiger partial charge in [0.2, 0.25) is 5.91 Å². The third kappa shape index (κ3) is 3.49. The highest BCUT2D eigenvalue weighted by Crippen LogP contribution is 2.35. The number of likely N-dealkylation sites (tertiary alicyclic amines) is 1. The van der Waals surface area contributed by atoms with Crippen molar-refractivity contribution in [2.24, 2.45) is 10.4 Å². The van der Waals surface area contributed by atoms with E-state index in [4.69, 9.17) is 0 Å². The van der Waals surface area contributed by atoms with Crippen molar-refractivity contribution in [3.8, 4) is 0 Å². The highest BCUT2D eigenvalue weighted by Gasteiger charge is 2.42. The van der Waals surface area contributed by atoms with E-state index in [1.807, 2.05) is 0 Å². The Labute approximate surface area is 122 Å². The standard InChI is InChI=1S/C13H21BrN4O/c1-10(14)7-16-12(15-2)18-5-3-4-13(9-18)6-11(19)17-8-13/h1,3-9H2,2H3,(H,15,16)(H,17,19). The van der Waals surface area contributed by atoms with Crippen molar-refractivity contribution in [2.45, 2.75) is 19.3 Å². The van der Waals surface area contributed by atoms with Crippen LogP contribution in [-0.4, -0.2) is 50.0 Å². The molecule has 2 fully saturated rings. The molecule has 2 N–H and O–H groups in total. The van der Waals surface area contributed by atoms with Crippen molar-refractivity contribution < 1.29 is 4.79 Å². The maximum Gasteiger partial charge on any atom is 0.220 e. The maximum absolute atomic E-state index is 11.5. The number of aliphatic imine (C=N–C) groups is 1. The van der Waals surface area contributed by atoms with Gasteiger partial charge in [-0.15, -0.1) is 0 Å². The van der Waals surface area contributed by atoms with E-state index in [0.29, 0.717) is 13.0 Å². The lowest BCUT2D eigenvalue weighted by Crippen LogP contribution is -2.51. The molecular weight excluding hydrogens is 308 g/mol. The second kappa shape index (κ2) is 5.94. The molecule has 5 nitrogen and oxygen atoms in total. The summed E-state index contributed by atoms with van der Waals surface area (Å²) in [6.07, 6.45) is 2.86. The number of halogens is 1. The molecule has 0 bridgehead atoms. The van der Waals surface area contributed by atoms with Gasteiger partial charge >= 0.3 is 0 Å². The average Bonchev–Trinajstić information content (AvgIpc) is 2.71. The van der Waals surface area contributed by atoms with Crippen molar-refractivity contribution in [1.82, 2.24) is 15.5 Å². The number of rotatable bonds is 2. The molecule has 1 amide bonds. The van der Waals surface area contributed by atoms with Gasteiger partial charge in [0, 0.05) is 49.5 Å². The van der Waals surface area contributed by atoms with E-state index >= 15 is 0 Å². The molecule has 1 unspecified atom stereocenters. The van der Waals surface area contributed by atoms with Gasteiger partial charge in [-0.1, -0.05) is 22.5 Å². The van der Waals surface area contributed by atoms with Crippen LogP contribution in [0.15, 0.2) is 16.1 Å². The van der Waals surface area contributed by atoms with E-state index in [1.165, 1.54) is 0 Å². The minimum Gasteiger partial charge on any atom is -0.355 e. The van der Waals surface area contributed by atoms with Gasteiger partial charge in [0.25, 0.3) is 0 Å². The predicted molar refractivity (Wildman–Crippen MR) is 80.3 cm³/mol. The van der Waals surface area contributed by atoms with Crippen LogP contribution in [0.1, 0.15) is 19.3 Å². The third-order valence-electron chi connectivity index (χ3n) is 3.81. The summed E-state index contributed by atoms with van der Waals surface area (Å²) in [4.78, 5) is 18.1. The molecule has 0 aromatic rings. The highest BCUT2D eigenvalue weighted by atomic mass is 79.9. The van der Waals surface area contributed by atoms with Gasteiger partial charge < -0.3 is 15.5 Å². The summed E-state index contributed by atoms with van der Waals surface area (Å²) in [6, 6.07) is 0. The Kier molecular flexibility index (Phi) is 4.50. The molecule has 106 valence electrons. The largest absolute Gasteiger partial charge is 0.355 e. The Morgan fingerprint density at radius 2 is 2.47 bits per heavy atom. The molecule has 0 radical (unpaired) electrons.